The number of carboxylic acid groups (broad SMARTS) is 1. The summed E-state index contributed by atoms with van der Waals surface area (Å²) in [5.41, 5.74) is -9.26. The average molecular weight is 498 g/mol. The minimum absolute atomic E-state index is 0.262. The summed E-state index contributed by atoms with van der Waals surface area (Å²) >= 11 is 5.81. The van der Waals surface area contributed by atoms with Gasteiger partial charge in [-0.2, -0.15) is 34.8 Å². The van der Waals surface area contributed by atoms with Crippen LogP contribution in [0, 0.1) is 11.3 Å². The monoisotopic (exact) mass is 497 g/mol. The van der Waals surface area contributed by atoms with E-state index in [9.17, 15) is 49.5 Å². The van der Waals surface area contributed by atoms with Gasteiger partial charge in [0.2, 0.25) is 5.78 Å². The fourth-order valence-corrected chi connectivity index (χ4v) is 4.25. The largest absolute Gasteiger partial charge is 0.523 e. The normalized spacial score (nSPS) is 27.6. The minimum Gasteiger partial charge on any atom is -0.480 e. The second-order valence-electron chi connectivity index (χ2n) is 6.71. The van der Waals surface area contributed by atoms with Gasteiger partial charge in [-0.15, -0.1) is 0 Å². The van der Waals surface area contributed by atoms with Gasteiger partial charge in [-0.3, -0.25) is 13.8 Å². The number of halogens is 7. The van der Waals surface area contributed by atoms with Crippen LogP contribution in [-0.4, -0.2) is 43.1 Å². The summed E-state index contributed by atoms with van der Waals surface area (Å²) in [5.74, 6) is -6.27. The number of rotatable bonds is 5. The molecule has 2 aliphatic rings. The molecule has 2 rings (SSSR count). The highest BCUT2D eigenvalue weighted by atomic mass is 35.5. The molecule has 174 valence electrons. The number of carboxylic acids is 1. The maximum absolute atomic E-state index is 12.9. The van der Waals surface area contributed by atoms with E-state index in [2.05, 4.69) is 9.50 Å². The summed E-state index contributed by atoms with van der Waals surface area (Å²) in [4.78, 5) is 24.0. The van der Waals surface area contributed by atoms with E-state index in [4.69, 9.17) is 11.6 Å². The van der Waals surface area contributed by atoms with Gasteiger partial charge in [0.25, 0.3) is 0 Å². The van der Waals surface area contributed by atoms with Gasteiger partial charge in [0.1, 0.15) is 10.6 Å². The lowest BCUT2D eigenvalue weighted by Gasteiger charge is -2.44. The van der Waals surface area contributed by atoms with Crippen molar-refractivity contribution < 1.29 is 53.6 Å². The first kappa shape index (κ1) is 25.2. The van der Waals surface area contributed by atoms with Crippen molar-refractivity contribution in [2.45, 2.75) is 37.1 Å². The molecule has 1 aliphatic carbocycles. The smallest absolute Gasteiger partial charge is 0.480 e. The third-order valence-corrected chi connectivity index (χ3v) is 6.08. The predicted octanol–water partition coefficient (Wildman–Crippen LogP) is 3.35. The Morgan fingerprint density at radius 1 is 1.13 bits per heavy atom. The summed E-state index contributed by atoms with van der Waals surface area (Å²) in [5, 5.41) is 11.9. The second-order valence-corrected chi connectivity index (χ2v) is 8.68. The van der Waals surface area contributed by atoms with Crippen LogP contribution in [0.2, 0.25) is 0 Å². The number of aliphatic carboxylic acids is 1. The molecule has 0 aromatic carbocycles. The third kappa shape index (κ3) is 5.06. The number of carbonyl (C=O) groups is 2. The lowest BCUT2D eigenvalue weighted by Crippen LogP contribution is -2.55. The third-order valence-electron chi connectivity index (χ3n) is 4.80. The minimum atomic E-state index is -6.32. The maximum Gasteiger partial charge on any atom is 0.523 e. The maximum atomic E-state index is 12.9. The van der Waals surface area contributed by atoms with Crippen molar-refractivity contribution in [3.63, 3.8) is 0 Å². The molecule has 0 saturated heterocycles. The summed E-state index contributed by atoms with van der Waals surface area (Å²) in [6.07, 6.45) is -5.84. The fraction of sp³-hybridized carbons (Fsp3) is 0.500. The van der Waals surface area contributed by atoms with Gasteiger partial charge in [0.05, 0.1) is 6.10 Å². The molecule has 0 aromatic heterocycles. The zero-order chi connectivity index (χ0) is 23.8. The quantitative estimate of drug-likeness (QED) is 0.259. The topological polar surface area (TPSA) is 110 Å². The van der Waals surface area contributed by atoms with E-state index in [0.29, 0.717) is 0 Å². The molecular formula is C16H14ClF6NO6S. The number of carbonyl (C=O) groups excluding carboxylic acids is 1. The Bertz CT molecular complexity index is 955. The first-order chi connectivity index (χ1) is 14.0. The molecule has 0 bridgehead atoms. The molecule has 1 heterocycles. The SMILES string of the molecule is O=C(C1CCC(OS(=O)(=O)C(F)(F)F)C(C(=O)O)(C2=CC=CC=C(Cl)N2)C1)C(F)(F)F. The molecule has 7 nitrogen and oxygen atoms in total. The Kier molecular flexibility index (Phi) is 6.88. The molecular weight excluding hydrogens is 484 g/mol. The van der Waals surface area contributed by atoms with Crippen molar-refractivity contribution in [1.82, 2.24) is 5.32 Å². The summed E-state index contributed by atoms with van der Waals surface area (Å²) in [6, 6.07) is 0. The number of Topliss-reactive ketones (excluding diaryl/α,β-unsaturated/α-hetero) is 1. The van der Waals surface area contributed by atoms with E-state index in [0.717, 1.165) is 6.08 Å². The van der Waals surface area contributed by atoms with Crippen molar-refractivity contribution in [2.75, 3.05) is 0 Å². The van der Waals surface area contributed by atoms with E-state index in [1.54, 1.807) is 0 Å². The molecule has 31 heavy (non-hydrogen) atoms. The molecule has 3 unspecified atom stereocenters. The summed E-state index contributed by atoms with van der Waals surface area (Å²) in [7, 11) is -6.32. The molecule has 1 fully saturated rings. The van der Waals surface area contributed by atoms with Crippen LogP contribution in [0.4, 0.5) is 26.3 Å². The van der Waals surface area contributed by atoms with Gasteiger partial charge >= 0.3 is 27.8 Å². The van der Waals surface area contributed by atoms with Crippen LogP contribution in [-0.2, 0) is 23.9 Å². The van der Waals surface area contributed by atoms with Crippen LogP contribution in [0.5, 0.6) is 0 Å². The Morgan fingerprint density at radius 3 is 2.23 bits per heavy atom. The molecule has 0 aromatic rings. The number of nitrogens with one attached hydrogen (secondary N) is 1. The van der Waals surface area contributed by atoms with Gasteiger partial charge in [-0.1, -0.05) is 23.8 Å². The van der Waals surface area contributed by atoms with Crippen LogP contribution < -0.4 is 5.32 Å². The number of alkyl halides is 6. The van der Waals surface area contributed by atoms with E-state index < -0.39 is 76.0 Å². The number of hydrogen-bond donors (Lipinski definition) is 2. The zero-order valence-electron chi connectivity index (χ0n) is 15.1. The van der Waals surface area contributed by atoms with E-state index >= 15 is 0 Å². The highest BCUT2D eigenvalue weighted by Crippen LogP contribution is 2.49. The molecule has 1 aliphatic heterocycles. The van der Waals surface area contributed by atoms with Gasteiger partial charge in [-0.25, -0.2) is 0 Å². The molecule has 1 saturated carbocycles. The van der Waals surface area contributed by atoms with Gasteiger partial charge in [0, 0.05) is 11.6 Å². The Morgan fingerprint density at radius 2 is 1.71 bits per heavy atom. The van der Waals surface area contributed by atoms with Crippen LogP contribution in [0.3, 0.4) is 0 Å². The van der Waals surface area contributed by atoms with Crippen LogP contribution in [0.1, 0.15) is 19.3 Å². The Balaban J connectivity index is 2.63. The Labute approximate surface area is 176 Å². The number of hydrogen-bond acceptors (Lipinski definition) is 6. The molecule has 0 radical (unpaired) electrons. The lowest BCUT2D eigenvalue weighted by molar-refractivity contribution is -0.181. The van der Waals surface area contributed by atoms with E-state index in [1.807, 2.05) is 0 Å². The summed E-state index contributed by atoms with van der Waals surface area (Å²) < 4.78 is 105. The van der Waals surface area contributed by atoms with Crippen molar-refractivity contribution >= 4 is 33.5 Å². The summed E-state index contributed by atoms with van der Waals surface area (Å²) in [6.45, 7) is 0. The highest BCUT2D eigenvalue weighted by molar-refractivity contribution is 7.87. The van der Waals surface area contributed by atoms with Gasteiger partial charge in [-0.05, 0) is 31.4 Å². The van der Waals surface area contributed by atoms with E-state index in [-0.39, 0.29) is 5.16 Å². The molecule has 0 amide bonds. The lowest BCUT2D eigenvalue weighted by atomic mass is 9.64. The van der Waals surface area contributed by atoms with E-state index in [1.165, 1.54) is 18.2 Å². The fourth-order valence-electron chi connectivity index (χ4n) is 3.40. The van der Waals surface area contributed by atoms with Crippen molar-refractivity contribution in [2.24, 2.45) is 11.3 Å². The van der Waals surface area contributed by atoms with Crippen molar-refractivity contribution in [3.05, 3.63) is 35.2 Å². The number of ketones is 1. The molecule has 3 atom stereocenters. The van der Waals surface area contributed by atoms with Crippen LogP contribution in [0.15, 0.2) is 35.2 Å². The predicted molar refractivity (Wildman–Crippen MR) is 92.6 cm³/mol. The molecule has 15 heteroatoms. The first-order valence-electron chi connectivity index (χ1n) is 8.38. The highest BCUT2D eigenvalue weighted by Gasteiger charge is 2.61. The zero-order valence-corrected chi connectivity index (χ0v) is 16.7. The van der Waals surface area contributed by atoms with Gasteiger partial charge in [0.15, 0.2) is 0 Å². The first-order valence-corrected chi connectivity index (χ1v) is 10.2. The van der Waals surface area contributed by atoms with Crippen LogP contribution >= 0.6 is 11.6 Å². The van der Waals surface area contributed by atoms with Crippen molar-refractivity contribution in [1.29, 1.82) is 0 Å². The molecule has 2 N–H and O–H groups in total. The van der Waals surface area contributed by atoms with Crippen molar-refractivity contribution in [3.8, 4) is 0 Å². The second kappa shape index (κ2) is 8.47. The van der Waals surface area contributed by atoms with Gasteiger partial charge < -0.3 is 10.4 Å². The number of allylic oxidation sites excluding steroid dienone is 4. The molecule has 0 spiro atoms. The standard InChI is InChI=1S/C16H14ClF6NO6S/c17-11-4-2-1-3-9(24-11)14(13(26)27)7-8(12(25)15(18,19)20)5-6-10(14)30-31(28,29)16(21,22)23/h1-4,8,10,24H,5-7H2,(H,26,27). The van der Waals surface area contributed by atoms with Crippen LogP contribution in [0.25, 0.3) is 0 Å². The average Bonchev–Trinajstić information content (AvgIpc) is 2.84. The Hall–Kier alpha value is -2.06.